The van der Waals surface area contributed by atoms with Gasteiger partial charge in [-0.15, -0.1) is 0 Å². The van der Waals surface area contributed by atoms with Crippen molar-refractivity contribution in [2.75, 3.05) is 6.54 Å². The van der Waals surface area contributed by atoms with Crippen LogP contribution < -0.4 is 16.0 Å². The lowest BCUT2D eigenvalue weighted by Crippen LogP contribution is -2.47. The molecule has 0 aromatic heterocycles. The van der Waals surface area contributed by atoms with Gasteiger partial charge < -0.3 is 24.6 Å². The molecule has 0 heterocycles. The zero-order chi connectivity index (χ0) is 25.3. The molecule has 0 spiro atoms. The number of hydrogen-bond acceptors (Lipinski definition) is 8. The Balaban J connectivity index is 5.26. The van der Waals surface area contributed by atoms with Gasteiger partial charge >= 0.3 is 24.2 Å². The van der Waals surface area contributed by atoms with E-state index in [4.69, 9.17) is 14.2 Å². The van der Waals surface area contributed by atoms with Crippen LogP contribution in [0.5, 0.6) is 0 Å². The second-order valence-corrected chi connectivity index (χ2v) is 9.81. The average Bonchev–Trinajstić information content (AvgIpc) is 2.47. The third kappa shape index (κ3) is 15.7. The van der Waals surface area contributed by atoms with Gasteiger partial charge in [0.2, 0.25) is 5.96 Å². The predicted octanol–water partition coefficient (Wildman–Crippen LogP) is 2.76. The van der Waals surface area contributed by atoms with Crippen LogP contribution in [-0.2, 0) is 19.0 Å². The normalized spacial score (nSPS) is 12.7. The van der Waals surface area contributed by atoms with Gasteiger partial charge in [-0.25, -0.2) is 19.2 Å². The van der Waals surface area contributed by atoms with Crippen LogP contribution >= 0.6 is 0 Å². The number of hydrogen-bond donors (Lipinski definition) is 4. The number of aliphatic carboxylic acids is 1. The van der Waals surface area contributed by atoms with E-state index in [1.165, 1.54) is 0 Å². The Bertz CT molecular complexity index is 683. The van der Waals surface area contributed by atoms with Crippen LogP contribution in [0, 0.1) is 0 Å². The summed E-state index contributed by atoms with van der Waals surface area (Å²) >= 11 is 0. The highest BCUT2D eigenvalue weighted by molar-refractivity contribution is 6.01. The van der Waals surface area contributed by atoms with Gasteiger partial charge in [-0.05, 0) is 68.7 Å². The molecule has 12 heteroatoms. The van der Waals surface area contributed by atoms with Crippen molar-refractivity contribution in [2.24, 2.45) is 4.99 Å². The Kier molecular flexibility index (Phi) is 10.4. The summed E-state index contributed by atoms with van der Waals surface area (Å²) in [5.41, 5.74) is -2.40. The molecule has 0 radical (unpaired) electrons. The van der Waals surface area contributed by atoms with E-state index in [-0.39, 0.29) is 18.9 Å². The first-order valence-corrected chi connectivity index (χ1v) is 10.0. The number of ether oxygens (including phenoxy) is 3. The van der Waals surface area contributed by atoms with Crippen molar-refractivity contribution in [1.82, 2.24) is 16.0 Å². The topological polar surface area (TPSA) is 165 Å². The van der Waals surface area contributed by atoms with Crippen LogP contribution in [-0.4, -0.2) is 64.7 Å². The summed E-state index contributed by atoms with van der Waals surface area (Å²) in [4.78, 5) is 51.4. The van der Waals surface area contributed by atoms with Gasteiger partial charge in [-0.1, -0.05) is 0 Å². The molecule has 0 aromatic rings. The second-order valence-electron chi connectivity index (χ2n) is 9.81. The van der Waals surface area contributed by atoms with E-state index in [1.807, 2.05) is 0 Å². The van der Waals surface area contributed by atoms with Crippen LogP contribution in [0.15, 0.2) is 4.99 Å². The van der Waals surface area contributed by atoms with Crippen molar-refractivity contribution in [3.05, 3.63) is 0 Å². The van der Waals surface area contributed by atoms with Gasteiger partial charge in [-0.3, -0.25) is 15.6 Å². The maximum absolute atomic E-state index is 12.0. The summed E-state index contributed by atoms with van der Waals surface area (Å²) < 4.78 is 15.3. The second kappa shape index (κ2) is 11.5. The highest BCUT2D eigenvalue weighted by Gasteiger charge is 2.25. The van der Waals surface area contributed by atoms with E-state index >= 15 is 0 Å². The summed E-state index contributed by atoms with van der Waals surface area (Å²) in [7, 11) is 0. The number of carbonyl (C=O) groups is 4. The fourth-order valence-electron chi connectivity index (χ4n) is 1.92. The maximum Gasteiger partial charge on any atom is 0.414 e. The SMILES string of the molecule is CC(C)(C)OC(=O)NC(=NCC[C@@H](NC(=O)OC(C)(C)C)C(=O)O)NC(=O)OC(C)(C)C. The monoisotopic (exact) mass is 460 g/mol. The fraction of sp³-hybridized carbons (Fsp3) is 0.750. The minimum Gasteiger partial charge on any atom is -0.480 e. The van der Waals surface area contributed by atoms with E-state index in [2.05, 4.69) is 20.9 Å². The van der Waals surface area contributed by atoms with Gasteiger partial charge in [-0.2, -0.15) is 0 Å². The minimum absolute atomic E-state index is 0.149. The molecule has 3 amide bonds. The molecular formula is C20H36N4O8. The van der Waals surface area contributed by atoms with Gasteiger partial charge in [0.25, 0.3) is 0 Å². The molecule has 0 rings (SSSR count). The van der Waals surface area contributed by atoms with Crippen LogP contribution in [0.4, 0.5) is 14.4 Å². The van der Waals surface area contributed by atoms with Crippen molar-refractivity contribution in [3.63, 3.8) is 0 Å². The number of aliphatic imine (C=N–C) groups is 1. The molecule has 4 N–H and O–H groups in total. The Morgan fingerprint density at radius 1 is 0.750 bits per heavy atom. The molecular weight excluding hydrogens is 424 g/mol. The number of carboxylic acid groups (broad SMARTS) is 1. The number of nitrogens with one attached hydrogen (secondary N) is 3. The molecule has 0 aliphatic heterocycles. The summed E-state index contributed by atoms with van der Waals surface area (Å²) in [6, 6.07) is -1.31. The lowest BCUT2D eigenvalue weighted by atomic mass is 10.2. The van der Waals surface area contributed by atoms with Crippen LogP contribution in [0.2, 0.25) is 0 Å². The molecule has 0 unspecified atom stereocenters. The van der Waals surface area contributed by atoms with Crippen molar-refractivity contribution in [2.45, 2.75) is 91.6 Å². The zero-order valence-corrected chi connectivity index (χ0v) is 20.2. The molecule has 184 valence electrons. The van der Waals surface area contributed by atoms with E-state index in [9.17, 15) is 24.3 Å². The molecule has 0 aromatic carbocycles. The molecule has 0 aliphatic carbocycles. The van der Waals surface area contributed by atoms with E-state index in [1.54, 1.807) is 62.3 Å². The van der Waals surface area contributed by atoms with Crippen molar-refractivity contribution in [3.8, 4) is 0 Å². The fourth-order valence-corrected chi connectivity index (χ4v) is 1.92. The molecule has 1 atom stereocenters. The first-order chi connectivity index (χ1) is 14.3. The predicted molar refractivity (Wildman–Crippen MR) is 116 cm³/mol. The third-order valence-corrected chi connectivity index (χ3v) is 2.92. The van der Waals surface area contributed by atoms with Crippen molar-refractivity contribution >= 4 is 30.2 Å². The van der Waals surface area contributed by atoms with E-state index < -0.39 is 47.1 Å². The van der Waals surface area contributed by atoms with Gasteiger partial charge in [0, 0.05) is 6.54 Å². The number of carboxylic acids is 1. The summed E-state index contributed by atoms with van der Waals surface area (Å²) in [6.45, 7) is 14.7. The first-order valence-electron chi connectivity index (χ1n) is 10.0. The molecule has 0 aliphatic rings. The lowest BCUT2D eigenvalue weighted by molar-refractivity contribution is -0.139. The number of alkyl carbamates (subject to hydrolysis) is 3. The number of nitrogens with zero attached hydrogens (tertiary/aromatic N) is 1. The molecule has 0 saturated carbocycles. The van der Waals surface area contributed by atoms with Crippen LogP contribution in [0.3, 0.4) is 0 Å². The van der Waals surface area contributed by atoms with Crippen molar-refractivity contribution < 1.29 is 38.5 Å². The van der Waals surface area contributed by atoms with E-state index in [0.717, 1.165) is 0 Å². The smallest absolute Gasteiger partial charge is 0.414 e. The van der Waals surface area contributed by atoms with Crippen LogP contribution in [0.1, 0.15) is 68.7 Å². The number of rotatable bonds is 5. The summed E-state index contributed by atoms with van der Waals surface area (Å²) in [5, 5.41) is 16.1. The Morgan fingerprint density at radius 2 is 1.12 bits per heavy atom. The molecule has 0 saturated heterocycles. The largest absolute Gasteiger partial charge is 0.480 e. The Hall–Kier alpha value is -3.05. The van der Waals surface area contributed by atoms with E-state index in [0.29, 0.717) is 0 Å². The molecule has 12 nitrogen and oxygen atoms in total. The lowest BCUT2D eigenvalue weighted by Gasteiger charge is -2.22. The number of amides is 3. The highest BCUT2D eigenvalue weighted by atomic mass is 16.6. The number of guanidine groups is 1. The first kappa shape index (κ1) is 28.9. The maximum atomic E-state index is 12.0. The third-order valence-electron chi connectivity index (χ3n) is 2.92. The highest BCUT2D eigenvalue weighted by Crippen LogP contribution is 2.09. The quantitative estimate of drug-likeness (QED) is 0.276. The Labute approximate surface area is 188 Å². The van der Waals surface area contributed by atoms with Gasteiger partial charge in [0.1, 0.15) is 22.8 Å². The standard InChI is InChI=1S/C20H36N4O8/c1-18(2,3)30-15(27)22-12(13(25)26)10-11-21-14(23-16(28)31-19(4,5)6)24-17(29)32-20(7,8)9/h12H,10-11H2,1-9H3,(H,22,27)(H,25,26)(H2,21,23,24,28,29)/t12-/m1/s1. The Morgan fingerprint density at radius 3 is 1.47 bits per heavy atom. The summed E-state index contributed by atoms with van der Waals surface area (Å²) in [5.74, 6) is -1.59. The van der Waals surface area contributed by atoms with Crippen molar-refractivity contribution in [1.29, 1.82) is 0 Å². The van der Waals surface area contributed by atoms with Gasteiger partial charge in [0.15, 0.2) is 0 Å². The van der Waals surface area contributed by atoms with Gasteiger partial charge in [0.05, 0.1) is 0 Å². The minimum atomic E-state index is -1.31. The molecule has 32 heavy (non-hydrogen) atoms. The zero-order valence-electron chi connectivity index (χ0n) is 20.2. The summed E-state index contributed by atoms with van der Waals surface area (Å²) in [6.07, 6.45) is -2.81. The molecule has 0 fully saturated rings. The molecule has 0 bridgehead atoms. The number of carbonyl (C=O) groups excluding carboxylic acids is 3. The average molecular weight is 461 g/mol. The van der Waals surface area contributed by atoms with Crippen LogP contribution in [0.25, 0.3) is 0 Å².